The number of H-pyrrole nitrogens is 1. The molecule has 0 radical (unpaired) electrons. The molecule has 8 nitrogen and oxygen atoms in total. The van der Waals surface area contributed by atoms with E-state index < -0.39 is 28.4 Å². The maximum Gasteiger partial charge on any atom is 0.321 e. The topological polar surface area (TPSA) is 112 Å². The number of carbonyl (C=O) groups excluding carboxylic acids is 2. The van der Waals surface area contributed by atoms with Crippen molar-refractivity contribution in [2.45, 2.75) is 44.1 Å². The van der Waals surface area contributed by atoms with E-state index in [0.717, 1.165) is 29.9 Å². The van der Waals surface area contributed by atoms with E-state index in [2.05, 4.69) is 4.98 Å². The van der Waals surface area contributed by atoms with E-state index in [0.29, 0.717) is 24.1 Å². The van der Waals surface area contributed by atoms with Crippen molar-refractivity contribution in [3.05, 3.63) is 51.8 Å². The second kappa shape index (κ2) is 7.84. The number of esters is 2. The van der Waals surface area contributed by atoms with Crippen LogP contribution in [0.5, 0.6) is 0 Å². The zero-order valence-corrected chi connectivity index (χ0v) is 15.8. The summed E-state index contributed by atoms with van der Waals surface area (Å²) >= 11 is 0. The van der Waals surface area contributed by atoms with E-state index in [-0.39, 0.29) is 0 Å². The quantitative estimate of drug-likeness (QED) is 0.479. The molecule has 3 rings (SSSR count). The Morgan fingerprint density at radius 1 is 1.32 bits per heavy atom. The Balaban J connectivity index is 2.29. The summed E-state index contributed by atoms with van der Waals surface area (Å²) in [5.41, 5.74) is 0.478. The molecule has 2 aromatic rings. The lowest BCUT2D eigenvalue weighted by Gasteiger charge is -2.40. The van der Waals surface area contributed by atoms with Crippen molar-refractivity contribution >= 4 is 28.9 Å². The van der Waals surface area contributed by atoms with E-state index in [4.69, 9.17) is 9.47 Å². The van der Waals surface area contributed by atoms with E-state index in [9.17, 15) is 19.7 Å². The number of fused-ring (bicyclic) bond motifs is 1. The summed E-state index contributed by atoms with van der Waals surface area (Å²) in [5.74, 6) is -1.01. The largest absolute Gasteiger partial charge is 0.468 e. The van der Waals surface area contributed by atoms with Gasteiger partial charge in [0.05, 0.1) is 12.0 Å². The first kappa shape index (κ1) is 19.6. The Kier molecular flexibility index (Phi) is 5.48. The summed E-state index contributed by atoms with van der Waals surface area (Å²) in [7, 11) is 1.29. The standard InChI is InChI=1S/C20H22N2O6/c1-13(23)28-17-9-5-6-11-20(17,19(24)27-2)18-15(10-12-22(25)26)14-7-3-4-8-16(14)21-18/h3-4,7-8,10,12,17,21H,5-6,9,11H2,1-2H3/b12-10+/t17-,20-/m1/s1. The second-order valence-corrected chi connectivity index (χ2v) is 6.87. The van der Waals surface area contributed by atoms with Crippen LogP contribution in [0.15, 0.2) is 30.5 Å². The Morgan fingerprint density at radius 3 is 2.75 bits per heavy atom. The Hall–Kier alpha value is -3.16. The predicted octanol–water partition coefficient (Wildman–Crippen LogP) is 3.33. The first-order valence-corrected chi connectivity index (χ1v) is 9.08. The Bertz CT molecular complexity index is 947. The number of aromatic nitrogens is 1. The average molecular weight is 386 g/mol. The SMILES string of the molecule is COC(=O)[C@]1(c2[nH]c3ccccc3c2/C=C/[N+](=O)[O-])CCCC[C@H]1OC(C)=O. The maximum atomic E-state index is 13.1. The monoisotopic (exact) mass is 386 g/mol. The van der Waals surface area contributed by atoms with Crippen LogP contribution in [0, 0.1) is 10.1 Å². The van der Waals surface area contributed by atoms with Crippen LogP contribution in [0.1, 0.15) is 43.9 Å². The molecule has 0 bridgehead atoms. The van der Waals surface area contributed by atoms with Gasteiger partial charge < -0.3 is 14.5 Å². The highest BCUT2D eigenvalue weighted by Gasteiger charge is 2.53. The first-order chi connectivity index (χ1) is 13.4. The second-order valence-electron chi connectivity index (χ2n) is 6.87. The summed E-state index contributed by atoms with van der Waals surface area (Å²) in [6, 6.07) is 7.30. The molecule has 1 saturated carbocycles. The van der Waals surface area contributed by atoms with Gasteiger partial charge in [0.15, 0.2) is 0 Å². The minimum absolute atomic E-state index is 0.406. The van der Waals surface area contributed by atoms with Gasteiger partial charge in [-0.2, -0.15) is 0 Å². The highest BCUT2D eigenvalue weighted by atomic mass is 16.6. The summed E-state index contributed by atoms with van der Waals surface area (Å²) in [6.45, 7) is 1.30. The van der Waals surface area contributed by atoms with E-state index >= 15 is 0 Å². The third kappa shape index (κ3) is 3.37. The van der Waals surface area contributed by atoms with E-state index in [1.165, 1.54) is 20.1 Å². The van der Waals surface area contributed by atoms with Crippen LogP contribution in [-0.4, -0.2) is 35.1 Å². The van der Waals surface area contributed by atoms with E-state index in [1.54, 1.807) is 0 Å². The fourth-order valence-corrected chi connectivity index (χ4v) is 4.13. The number of hydrogen-bond acceptors (Lipinski definition) is 6. The summed E-state index contributed by atoms with van der Waals surface area (Å²) in [6.07, 6.45) is 3.94. The maximum absolute atomic E-state index is 13.1. The minimum atomic E-state index is -1.26. The molecule has 0 amide bonds. The fraction of sp³-hybridized carbons (Fsp3) is 0.400. The number of carbonyl (C=O) groups is 2. The van der Waals surface area contributed by atoms with Crippen LogP contribution < -0.4 is 0 Å². The zero-order valence-electron chi connectivity index (χ0n) is 15.8. The summed E-state index contributed by atoms with van der Waals surface area (Å²) in [4.78, 5) is 38.4. The minimum Gasteiger partial charge on any atom is -0.468 e. The molecule has 0 saturated heterocycles. The molecule has 2 atom stereocenters. The fourth-order valence-electron chi connectivity index (χ4n) is 4.13. The van der Waals surface area contributed by atoms with Crippen molar-refractivity contribution in [3.63, 3.8) is 0 Å². The van der Waals surface area contributed by atoms with Gasteiger partial charge in [0.2, 0.25) is 6.20 Å². The number of para-hydroxylation sites is 1. The van der Waals surface area contributed by atoms with Gasteiger partial charge >= 0.3 is 11.9 Å². The normalized spacial score (nSPS) is 22.3. The number of aromatic amines is 1. The first-order valence-electron chi connectivity index (χ1n) is 9.08. The smallest absolute Gasteiger partial charge is 0.321 e. The third-order valence-electron chi connectivity index (χ3n) is 5.25. The Morgan fingerprint density at radius 2 is 2.07 bits per heavy atom. The predicted molar refractivity (Wildman–Crippen MR) is 102 cm³/mol. The van der Waals surface area contributed by atoms with Gasteiger partial charge in [0, 0.05) is 35.2 Å². The molecule has 1 heterocycles. The molecule has 0 aliphatic heterocycles. The highest BCUT2D eigenvalue weighted by Crippen LogP contribution is 2.45. The van der Waals surface area contributed by atoms with Gasteiger partial charge in [-0.3, -0.25) is 19.7 Å². The van der Waals surface area contributed by atoms with Crippen molar-refractivity contribution in [1.29, 1.82) is 0 Å². The summed E-state index contributed by atoms with van der Waals surface area (Å²) < 4.78 is 10.7. The van der Waals surface area contributed by atoms with Crippen LogP contribution in [0.3, 0.4) is 0 Å². The number of hydrogen-bond donors (Lipinski definition) is 1. The molecule has 0 unspecified atom stereocenters. The zero-order chi connectivity index (χ0) is 20.3. The molecule has 8 heteroatoms. The van der Waals surface area contributed by atoms with Crippen LogP contribution in [0.4, 0.5) is 0 Å². The number of methoxy groups -OCH3 is 1. The molecule has 1 aliphatic carbocycles. The molecule has 1 fully saturated rings. The van der Waals surface area contributed by atoms with E-state index in [1.807, 2.05) is 24.3 Å². The lowest BCUT2D eigenvalue weighted by atomic mass is 9.68. The van der Waals surface area contributed by atoms with Gasteiger partial charge in [-0.25, -0.2) is 0 Å². The number of benzene rings is 1. The molecule has 0 spiro atoms. The lowest BCUT2D eigenvalue weighted by Crippen LogP contribution is -2.51. The van der Waals surface area contributed by atoms with Crippen molar-refractivity contribution in [2.75, 3.05) is 7.11 Å². The van der Waals surface area contributed by atoms with Gasteiger partial charge in [-0.05, 0) is 25.3 Å². The molecule has 1 aromatic carbocycles. The van der Waals surface area contributed by atoms with Crippen molar-refractivity contribution in [3.8, 4) is 0 Å². The van der Waals surface area contributed by atoms with Crippen LogP contribution >= 0.6 is 0 Å². The van der Waals surface area contributed by atoms with Gasteiger partial charge in [-0.1, -0.05) is 24.6 Å². The molecular formula is C20H22N2O6. The van der Waals surface area contributed by atoms with Crippen molar-refractivity contribution in [1.82, 2.24) is 4.98 Å². The number of rotatable bonds is 5. The molecule has 28 heavy (non-hydrogen) atoms. The number of ether oxygens (including phenoxy) is 2. The molecule has 1 aliphatic rings. The average Bonchev–Trinajstić information content (AvgIpc) is 3.04. The van der Waals surface area contributed by atoms with Gasteiger partial charge in [0.25, 0.3) is 0 Å². The molecule has 1 N–H and O–H groups in total. The number of nitrogens with zero attached hydrogens (tertiary/aromatic N) is 1. The van der Waals surface area contributed by atoms with Crippen molar-refractivity contribution in [2.24, 2.45) is 0 Å². The molecule has 148 valence electrons. The highest BCUT2D eigenvalue weighted by molar-refractivity contribution is 5.95. The lowest BCUT2D eigenvalue weighted by molar-refractivity contribution is -0.400. The van der Waals surface area contributed by atoms with Gasteiger partial charge in [-0.15, -0.1) is 0 Å². The number of nitrogens with one attached hydrogen (secondary N) is 1. The Labute approximate surface area is 161 Å². The molecular weight excluding hydrogens is 364 g/mol. The van der Waals surface area contributed by atoms with Gasteiger partial charge in [0.1, 0.15) is 11.5 Å². The molecule has 1 aromatic heterocycles. The van der Waals surface area contributed by atoms with Crippen molar-refractivity contribution < 1.29 is 24.0 Å². The third-order valence-corrected chi connectivity index (χ3v) is 5.25. The van der Waals surface area contributed by atoms with Crippen LogP contribution in [0.25, 0.3) is 17.0 Å². The van der Waals surface area contributed by atoms with Crippen LogP contribution in [-0.2, 0) is 24.5 Å². The number of nitro groups is 1. The summed E-state index contributed by atoms with van der Waals surface area (Å²) in [5, 5.41) is 11.7. The van der Waals surface area contributed by atoms with Crippen LogP contribution in [0.2, 0.25) is 0 Å².